The number of piperidine rings is 1. The van der Waals surface area contributed by atoms with Crippen molar-refractivity contribution in [2.75, 3.05) is 25.0 Å². The lowest BCUT2D eigenvalue weighted by Crippen LogP contribution is -2.35. The number of rotatable bonds is 9. The van der Waals surface area contributed by atoms with Crippen LogP contribution in [-0.2, 0) is 27.9 Å². The number of sulfonamides is 1. The average Bonchev–Trinajstić information content (AvgIpc) is 3.34. The van der Waals surface area contributed by atoms with Crippen LogP contribution in [0.3, 0.4) is 0 Å². The summed E-state index contributed by atoms with van der Waals surface area (Å²) < 4.78 is 33.2. The zero-order valence-electron chi connectivity index (χ0n) is 19.4. The summed E-state index contributed by atoms with van der Waals surface area (Å²) >= 11 is 0. The van der Waals surface area contributed by atoms with Gasteiger partial charge in [-0.05, 0) is 55.2 Å². The van der Waals surface area contributed by atoms with Crippen molar-refractivity contribution in [3.63, 3.8) is 0 Å². The van der Waals surface area contributed by atoms with Crippen LogP contribution >= 0.6 is 0 Å². The number of carbonyl (C=O) groups excluding carboxylic acids is 1. The molecule has 0 spiro atoms. The molecule has 2 aromatic carbocycles. The van der Waals surface area contributed by atoms with Crippen molar-refractivity contribution < 1.29 is 17.6 Å². The fraction of sp³-hybridized carbons (Fsp3) is 0.346. The van der Waals surface area contributed by atoms with Crippen LogP contribution in [0, 0.1) is 6.92 Å². The maximum atomic E-state index is 13.1. The number of furan rings is 1. The van der Waals surface area contributed by atoms with Crippen LogP contribution in [0.4, 0.5) is 5.69 Å². The topological polar surface area (TPSA) is 82.9 Å². The Kier molecular flexibility index (Phi) is 7.82. The van der Waals surface area contributed by atoms with Gasteiger partial charge < -0.3 is 9.73 Å². The van der Waals surface area contributed by atoms with Crippen LogP contribution in [0.2, 0.25) is 0 Å². The number of hydrogen-bond donors (Lipinski definition) is 1. The van der Waals surface area contributed by atoms with Crippen molar-refractivity contribution in [3.8, 4) is 0 Å². The summed E-state index contributed by atoms with van der Waals surface area (Å²) in [6.45, 7) is 4.14. The molecule has 34 heavy (non-hydrogen) atoms. The number of aryl methyl sites for hydroxylation is 1. The third-order valence-electron chi connectivity index (χ3n) is 6.01. The molecule has 1 amide bonds. The van der Waals surface area contributed by atoms with Crippen LogP contribution in [0.5, 0.6) is 0 Å². The third kappa shape index (κ3) is 6.14. The lowest BCUT2D eigenvalue weighted by Gasteiger charge is -2.26. The number of hydrogen-bond acceptors (Lipinski definition) is 5. The first-order valence-corrected chi connectivity index (χ1v) is 13.0. The Bertz CT molecular complexity index is 1190. The van der Waals surface area contributed by atoms with Crippen molar-refractivity contribution in [1.29, 1.82) is 0 Å². The van der Waals surface area contributed by atoms with Gasteiger partial charge in [0, 0.05) is 25.3 Å². The Hall–Kier alpha value is -2.94. The van der Waals surface area contributed by atoms with Gasteiger partial charge in [0.1, 0.15) is 5.76 Å². The Labute approximate surface area is 201 Å². The van der Waals surface area contributed by atoms with Crippen molar-refractivity contribution in [1.82, 2.24) is 9.21 Å². The van der Waals surface area contributed by atoms with Gasteiger partial charge in [0.05, 0.1) is 24.2 Å². The van der Waals surface area contributed by atoms with Crippen LogP contribution < -0.4 is 5.32 Å². The molecule has 1 aromatic heterocycles. The highest BCUT2D eigenvalue weighted by atomic mass is 32.2. The van der Waals surface area contributed by atoms with E-state index in [1.807, 2.05) is 54.3 Å². The SMILES string of the molecule is Cc1ccc(S(=O)(=O)N2CCCCC2)cc1NC(=O)CN(Cc1ccccc1)Cc1ccco1. The Morgan fingerprint density at radius 1 is 1.00 bits per heavy atom. The number of carbonyl (C=O) groups is 1. The molecule has 3 aromatic rings. The minimum atomic E-state index is -3.58. The van der Waals surface area contributed by atoms with E-state index < -0.39 is 10.0 Å². The van der Waals surface area contributed by atoms with Crippen LogP contribution in [-0.4, -0.2) is 43.2 Å². The second-order valence-corrected chi connectivity index (χ2v) is 10.6. The fourth-order valence-corrected chi connectivity index (χ4v) is 5.72. The van der Waals surface area contributed by atoms with Crippen molar-refractivity contribution in [2.24, 2.45) is 0 Å². The Morgan fingerprint density at radius 2 is 1.76 bits per heavy atom. The summed E-state index contributed by atoms with van der Waals surface area (Å²) in [5.41, 5.74) is 2.42. The molecule has 0 bridgehead atoms. The summed E-state index contributed by atoms with van der Waals surface area (Å²) in [6, 6.07) is 18.6. The zero-order valence-corrected chi connectivity index (χ0v) is 20.3. The van der Waals surface area contributed by atoms with Gasteiger partial charge in [-0.2, -0.15) is 4.31 Å². The molecule has 4 rings (SSSR count). The Balaban J connectivity index is 1.48. The molecule has 1 N–H and O–H groups in total. The van der Waals surface area contributed by atoms with E-state index in [0.717, 1.165) is 36.1 Å². The first kappa shape index (κ1) is 24.2. The first-order valence-electron chi connectivity index (χ1n) is 11.6. The predicted octanol–water partition coefficient (Wildman–Crippen LogP) is 4.40. The van der Waals surface area contributed by atoms with Crippen molar-refractivity contribution in [3.05, 3.63) is 83.8 Å². The van der Waals surface area contributed by atoms with E-state index in [1.165, 1.54) is 4.31 Å². The number of benzene rings is 2. The average molecular weight is 482 g/mol. The van der Waals surface area contributed by atoms with E-state index in [1.54, 1.807) is 24.5 Å². The normalized spacial score (nSPS) is 14.9. The first-order chi connectivity index (χ1) is 16.4. The summed E-state index contributed by atoms with van der Waals surface area (Å²) in [4.78, 5) is 15.2. The molecule has 1 aliphatic rings. The second-order valence-electron chi connectivity index (χ2n) is 8.70. The highest BCUT2D eigenvalue weighted by molar-refractivity contribution is 7.89. The van der Waals surface area contributed by atoms with E-state index in [0.29, 0.717) is 31.9 Å². The zero-order chi connectivity index (χ0) is 24.0. The van der Waals surface area contributed by atoms with Crippen LogP contribution in [0.1, 0.15) is 36.1 Å². The van der Waals surface area contributed by atoms with E-state index in [4.69, 9.17) is 4.42 Å². The molecule has 1 aliphatic heterocycles. The van der Waals surface area contributed by atoms with E-state index >= 15 is 0 Å². The molecule has 0 atom stereocenters. The molecule has 0 aliphatic carbocycles. The largest absolute Gasteiger partial charge is 0.468 e. The lowest BCUT2D eigenvalue weighted by molar-refractivity contribution is -0.117. The van der Waals surface area contributed by atoms with Gasteiger partial charge in [-0.1, -0.05) is 42.8 Å². The monoisotopic (exact) mass is 481 g/mol. The van der Waals surface area contributed by atoms with E-state index in [9.17, 15) is 13.2 Å². The van der Waals surface area contributed by atoms with Crippen LogP contribution in [0.15, 0.2) is 76.2 Å². The van der Waals surface area contributed by atoms with Crippen molar-refractivity contribution in [2.45, 2.75) is 44.2 Å². The molecule has 1 saturated heterocycles. The maximum absolute atomic E-state index is 13.1. The predicted molar refractivity (Wildman–Crippen MR) is 132 cm³/mol. The second kappa shape index (κ2) is 11.0. The summed E-state index contributed by atoms with van der Waals surface area (Å²) in [6.07, 6.45) is 4.43. The highest BCUT2D eigenvalue weighted by Gasteiger charge is 2.26. The number of amides is 1. The van der Waals surface area contributed by atoms with E-state index in [-0.39, 0.29) is 17.3 Å². The van der Waals surface area contributed by atoms with Gasteiger partial charge in [0.15, 0.2) is 0 Å². The lowest BCUT2D eigenvalue weighted by atomic mass is 10.2. The smallest absolute Gasteiger partial charge is 0.243 e. The quantitative estimate of drug-likeness (QED) is 0.490. The third-order valence-corrected chi connectivity index (χ3v) is 7.91. The van der Waals surface area contributed by atoms with Gasteiger partial charge in [0.2, 0.25) is 15.9 Å². The molecule has 2 heterocycles. The molecule has 0 saturated carbocycles. The molecular weight excluding hydrogens is 450 g/mol. The molecule has 0 radical (unpaired) electrons. The number of nitrogens with zero attached hydrogens (tertiary/aromatic N) is 2. The molecular formula is C26H31N3O4S. The summed E-state index contributed by atoms with van der Waals surface area (Å²) in [5, 5.41) is 2.93. The van der Waals surface area contributed by atoms with Crippen LogP contribution in [0.25, 0.3) is 0 Å². The minimum Gasteiger partial charge on any atom is -0.468 e. The minimum absolute atomic E-state index is 0.137. The molecule has 180 valence electrons. The van der Waals surface area contributed by atoms with Crippen molar-refractivity contribution >= 4 is 21.6 Å². The molecule has 8 heteroatoms. The number of nitrogens with one attached hydrogen (secondary N) is 1. The van der Waals surface area contributed by atoms with Gasteiger partial charge in [0.25, 0.3) is 0 Å². The standard InChI is InChI=1S/C26H31N3O4S/c1-21-12-13-24(34(31,32)29-14-6-3-7-15-29)17-25(21)27-26(30)20-28(19-23-11-8-16-33-23)18-22-9-4-2-5-10-22/h2,4-5,8-13,16-17H,3,6-7,14-15,18-20H2,1H3,(H,27,30). The highest BCUT2D eigenvalue weighted by Crippen LogP contribution is 2.25. The molecule has 0 unspecified atom stereocenters. The summed E-state index contributed by atoms with van der Waals surface area (Å²) in [5.74, 6) is 0.563. The molecule has 7 nitrogen and oxygen atoms in total. The van der Waals surface area contributed by atoms with E-state index in [2.05, 4.69) is 5.32 Å². The maximum Gasteiger partial charge on any atom is 0.243 e. The molecule has 1 fully saturated rings. The van der Waals surface area contributed by atoms with Gasteiger partial charge in [-0.25, -0.2) is 8.42 Å². The summed E-state index contributed by atoms with van der Waals surface area (Å²) in [7, 11) is -3.58. The van der Waals surface area contributed by atoms with Gasteiger partial charge >= 0.3 is 0 Å². The fourth-order valence-electron chi connectivity index (χ4n) is 4.18. The Morgan fingerprint density at radius 3 is 2.47 bits per heavy atom. The number of anilines is 1. The van der Waals surface area contributed by atoms with Gasteiger partial charge in [-0.15, -0.1) is 0 Å². The van der Waals surface area contributed by atoms with Gasteiger partial charge in [-0.3, -0.25) is 9.69 Å².